The number of nitrogens with one attached hydrogen (secondary N) is 1. The fourth-order valence-electron chi connectivity index (χ4n) is 1.75. The van der Waals surface area contributed by atoms with Gasteiger partial charge in [-0.1, -0.05) is 23.2 Å². The summed E-state index contributed by atoms with van der Waals surface area (Å²) in [6, 6.07) is 5.68. The minimum absolute atomic E-state index is 0.534. The topological polar surface area (TPSA) is 12.0 Å². The predicted octanol–water partition coefficient (Wildman–Crippen LogP) is 3.07. The van der Waals surface area contributed by atoms with Gasteiger partial charge in [0.05, 0.1) is 0 Å². The van der Waals surface area contributed by atoms with Gasteiger partial charge in [-0.15, -0.1) is 0 Å². The highest BCUT2D eigenvalue weighted by molar-refractivity contribution is 6.33. The SMILES string of the molecule is Clc1ccc(Cl)c(C2CCNC2)c1. The van der Waals surface area contributed by atoms with Gasteiger partial charge in [0.15, 0.2) is 0 Å². The number of hydrogen-bond acceptors (Lipinski definition) is 1. The standard InChI is InChI=1S/C10H11Cl2N/c11-8-1-2-10(12)9(5-8)7-3-4-13-6-7/h1-2,5,7,13H,3-4,6H2. The van der Waals surface area contributed by atoms with Crippen molar-refractivity contribution in [2.75, 3.05) is 13.1 Å². The molecular formula is C10H11Cl2N. The summed E-state index contributed by atoms with van der Waals surface area (Å²) in [5.41, 5.74) is 1.18. The van der Waals surface area contributed by atoms with Crippen LogP contribution in [0.5, 0.6) is 0 Å². The average Bonchev–Trinajstić information content (AvgIpc) is 2.61. The summed E-state index contributed by atoms with van der Waals surface area (Å²) in [6.45, 7) is 2.09. The summed E-state index contributed by atoms with van der Waals surface area (Å²) < 4.78 is 0. The molecular weight excluding hydrogens is 205 g/mol. The van der Waals surface area contributed by atoms with Crippen molar-refractivity contribution >= 4 is 23.2 Å². The summed E-state index contributed by atoms with van der Waals surface area (Å²) in [5, 5.41) is 4.92. The maximum Gasteiger partial charge on any atom is 0.0442 e. The van der Waals surface area contributed by atoms with E-state index in [1.807, 2.05) is 18.2 Å². The molecule has 0 spiro atoms. The quantitative estimate of drug-likeness (QED) is 0.760. The fraction of sp³-hybridized carbons (Fsp3) is 0.400. The van der Waals surface area contributed by atoms with E-state index in [0.29, 0.717) is 5.92 Å². The van der Waals surface area contributed by atoms with E-state index in [2.05, 4.69) is 5.32 Å². The summed E-state index contributed by atoms with van der Waals surface area (Å²) in [4.78, 5) is 0. The molecule has 1 fully saturated rings. The molecule has 1 nitrogen and oxygen atoms in total. The third-order valence-corrected chi connectivity index (χ3v) is 3.04. The first-order valence-electron chi connectivity index (χ1n) is 4.43. The Bertz CT molecular complexity index is 306. The van der Waals surface area contributed by atoms with Gasteiger partial charge in [0.2, 0.25) is 0 Å². The Kier molecular flexibility index (Phi) is 2.77. The first-order valence-corrected chi connectivity index (χ1v) is 5.18. The molecule has 1 heterocycles. The van der Waals surface area contributed by atoms with Crippen LogP contribution in [0.3, 0.4) is 0 Å². The van der Waals surface area contributed by atoms with Crippen LogP contribution in [0.1, 0.15) is 17.9 Å². The van der Waals surface area contributed by atoms with E-state index in [-0.39, 0.29) is 0 Å². The molecule has 1 aliphatic rings. The van der Waals surface area contributed by atoms with Crippen LogP contribution >= 0.6 is 23.2 Å². The van der Waals surface area contributed by atoms with Gasteiger partial charge in [0.1, 0.15) is 0 Å². The van der Waals surface area contributed by atoms with Crippen LogP contribution in [0.25, 0.3) is 0 Å². The first-order chi connectivity index (χ1) is 6.27. The lowest BCUT2D eigenvalue weighted by molar-refractivity contribution is 0.764. The van der Waals surface area contributed by atoms with Crippen molar-refractivity contribution in [1.29, 1.82) is 0 Å². The van der Waals surface area contributed by atoms with Crippen LogP contribution < -0.4 is 5.32 Å². The van der Waals surface area contributed by atoms with Gasteiger partial charge >= 0.3 is 0 Å². The Morgan fingerprint density at radius 3 is 2.85 bits per heavy atom. The Morgan fingerprint density at radius 2 is 2.15 bits per heavy atom. The molecule has 1 atom stereocenters. The first kappa shape index (κ1) is 9.32. The normalized spacial score (nSPS) is 22.2. The molecule has 1 aromatic carbocycles. The fourth-order valence-corrected chi connectivity index (χ4v) is 2.20. The Labute approximate surface area is 88.0 Å². The van der Waals surface area contributed by atoms with Crippen molar-refractivity contribution < 1.29 is 0 Å². The van der Waals surface area contributed by atoms with Crippen molar-refractivity contribution in [1.82, 2.24) is 5.32 Å². The van der Waals surface area contributed by atoms with Gasteiger partial charge in [0.25, 0.3) is 0 Å². The van der Waals surface area contributed by atoms with Crippen molar-refractivity contribution in [3.8, 4) is 0 Å². The van der Waals surface area contributed by atoms with Crippen LogP contribution in [0, 0.1) is 0 Å². The minimum atomic E-state index is 0.534. The molecule has 13 heavy (non-hydrogen) atoms. The molecule has 70 valence electrons. The van der Waals surface area contributed by atoms with Crippen LogP contribution in [-0.4, -0.2) is 13.1 Å². The predicted molar refractivity (Wildman–Crippen MR) is 56.7 cm³/mol. The summed E-state index contributed by atoms with van der Waals surface area (Å²) >= 11 is 12.0. The third kappa shape index (κ3) is 1.98. The molecule has 3 heteroatoms. The second kappa shape index (κ2) is 3.87. The molecule has 1 aromatic rings. The van der Waals surface area contributed by atoms with E-state index in [4.69, 9.17) is 23.2 Å². The number of benzene rings is 1. The Hall–Kier alpha value is -0.240. The molecule has 2 rings (SSSR count). The maximum absolute atomic E-state index is 6.09. The molecule has 1 aliphatic heterocycles. The maximum atomic E-state index is 6.09. The van der Waals surface area contributed by atoms with Crippen LogP contribution in [-0.2, 0) is 0 Å². The monoisotopic (exact) mass is 215 g/mol. The van der Waals surface area contributed by atoms with Gasteiger partial charge in [-0.05, 0) is 42.6 Å². The molecule has 1 unspecified atom stereocenters. The summed E-state index contributed by atoms with van der Waals surface area (Å²) in [7, 11) is 0. The third-order valence-electron chi connectivity index (χ3n) is 2.46. The largest absolute Gasteiger partial charge is 0.316 e. The van der Waals surface area contributed by atoms with Crippen molar-refractivity contribution in [3.05, 3.63) is 33.8 Å². The van der Waals surface area contributed by atoms with E-state index in [1.165, 1.54) is 5.56 Å². The van der Waals surface area contributed by atoms with E-state index in [1.54, 1.807) is 0 Å². The molecule has 1 saturated heterocycles. The molecule has 0 bridgehead atoms. The van der Waals surface area contributed by atoms with Crippen molar-refractivity contribution in [2.24, 2.45) is 0 Å². The molecule has 0 aromatic heterocycles. The van der Waals surface area contributed by atoms with E-state index >= 15 is 0 Å². The van der Waals surface area contributed by atoms with Gasteiger partial charge in [0, 0.05) is 16.6 Å². The average molecular weight is 216 g/mol. The summed E-state index contributed by atoms with van der Waals surface area (Å²) in [5.74, 6) is 0.534. The van der Waals surface area contributed by atoms with Gasteiger partial charge in [-0.25, -0.2) is 0 Å². The Balaban J connectivity index is 2.32. The highest BCUT2D eigenvalue weighted by Gasteiger charge is 2.18. The van der Waals surface area contributed by atoms with E-state index in [0.717, 1.165) is 29.6 Å². The number of hydrogen-bond donors (Lipinski definition) is 1. The van der Waals surface area contributed by atoms with Gasteiger partial charge in [-0.2, -0.15) is 0 Å². The van der Waals surface area contributed by atoms with Gasteiger partial charge < -0.3 is 5.32 Å². The molecule has 0 aliphatic carbocycles. The lowest BCUT2D eigenvalue weighted by Gasteiger charge is -2.10. The zero-order chi connectivity index (χ0) is 9.26. The van der Waals surface area contributed by atoms with Crippen LogP contribution in [0.4, 0.5) is 0 Å². The van der Waals surface area contributed by atoms with E-state index in [9.17, 15) is 0 Å². The second-order valence-corrected chi connectivity index (χ2v) is 4.20. The zero-order valence-corrected chi connectivity index (χ0v) is 8.70. The van der Waals surface area contributed by atoms with Crippen LogP contribution in [0.2, 0.25) is 10.0 Å². The molecule has 0 radical (unpaired) electrons. The van der Waals surface area contributed by atoms with Crippen molar-refractivity contribution in [2.45, 2.75) is 12.3 Å². The Morgan fingerprint density at radius 1 is 1.31 bits per heavy atom. The molecule has 0 amide bonds. The smallest absolute Gasteiger partial charge is 0.0442 e. The van der Waals surface area contributed by atoms with Crippen molar-refractivity contribution in [3.63, 3.8) is 0 Å². The zero-order valence-electron chi connectivity index (χ0n) is 7.19. The second-order valence-electron chi connectivity index (χ2n) is 3.36. The van der Waals surface area contributed by atoms with Crippen LogP contribution in [0.15, 0.2) is 18.2 Å². The lowest BCUT2D eigenvalue weighted by atomic mass is 9.98. The lowest BCUT2D eigenvalue weighted by Crippen LogP contribution is -2.08. The number of halogens is 2. The van der Waals surface area contributed by atoms with Gasteiger partial charge in [-0.3, -0.25) is 0 Å². The molecule has 1 N–H and O–H groups in total. The minimum Gasteiger partial charge on any atom is -0.316 e. The summed E-state index contributed by atoms with van der Waals surface area (Å²) in [6.07, 6.45) is 1.15. The van der Waals surface area contributed by atoms with E-state index < -0.39 is 0 Å². The highest BCUT2D eigenvalue weighted by Crippen LogP contribution is 2.30. The highest BCUT2D eigenvalue weighted by atomic mass is 35.5. The number of rotatable bonds is 1. The molecule has 0 saturated carbocycles.